The van der Waals surface area contributed by atoms with Crippen LogP contribution >= 0.6 is 11.8 Å². The minimum absolute atomic E-state index is 0.0138. The molecule has 0 aromatic carbocycles. The summed E-state index contributed by atoms with van der Waals surface area (Å²) < 4.78 is 5.16. The number of carbonyl (C=O) groups excluding carboxylic acids is 3. The van der Waals surface area contributed by atoms with Crippen LogP contribution in [-0.4, -0.2) is 46.0 Å². The van der Waals surface area contributed by atoms with Crippen LogP contribution in [0.25, 0.3) is 0 Å². The van der Waals surface area contributed by atoms with Gasteiger partial charge in [-0.1, -0.05) is 24.6 Å². The normalized spacial score (nSPS) is 14.8. The lowest BCUT2D eigenvalue weighted by Gasteiger charge is -2.19. The molecule has 8 heteroatoms. The minimum atomic E-state index is -0.607. The van der Waals surface area contributed by atoms with Gasteiger partial charge in [0.2, 0.25) is 5.91 Å². The molecule has 148 valence electrons. The largest absolute Gasteiger partial charge is 0.459 e. The van der Waals surface area contributed by atoms with Crippen LogP contribution in [-0.2, 0) is 20.7 Å². The molecule has 0 bridgehead atoms. The van der Waals surface area contributed by atoms with Crippen LogP contribution in [0.1, 0.15) is 62.5 Å². The number of amides is 1. The summed E-state index contributed by atoms with van der Waals surface area (Å²) in [6, 6.07) is 0. The van der Waals surface area contributed by atoms with Gasteiger partial charge in [0, 0.05) is 17.7 Å². The first kappa shape index (κ1) is 21.3. The zero-order chi connectivity index (χ0) is 20.0. The molecule has 1 aliphatic carbocycles. The second-order valence-corrected chi connectivity index (χ2v) is 8.39. The summed E-state index contributed by atoms with van der Waals surface area (Å²) in [5, 5.41) is 3.04. The average Bonchev–Trinajstić information content (AvgIpc) is 3.13. The van der Waals surface area contributed by atoms with Crippen molar-refractivity contribution in [3.05, 3.63) is 17.5 Å². The van der Waals surface area contributed by atoms with E-state index in [1.807, 2.05) is 6.26 Å². The zero-order valence-corrected chi connectivity index (χ0v) is 17.1. The highest BCUT2D eigenvalue weighted by atomic mass is 32.2. The molecule has 0 atom stereocenters. The van der Waals surface area contributed by atoms with Gasteiger partial charge in [0.1, 0.15) is 17.8 Å². The van der Waals surface area contributed by atoms with E-state index in [4.69, 9.17) is 4.74 Å². The molecule has 1 aromatic heterocycles. The van der Waals surface area contributed by atoms with Crippen LogP contribution in [0.15, 0.2) is 11.4 Å². The third-order valence-corrected chi connectivity index (χ3v) is 4.75. The number of nitrogens with zero attached hydrogens (tertiary/aromatic N) is 2. The predicted octanol–water partition coefficient (Wildman–Crippen LogP) is 2.57. The smallest absolute Gasteiger partial charge is 0.325 e. The van der Waals surface area contributed by atoms with Gasteiger partial charge in [0.05, 0.1) is 6.42 Å². The Labute approximate surface area is 164 Å². The molecule has 0 radical (unpaired) electrons. The Kier molecular flexibility index (Phi) is 7.35. The van der Waals surface area contributed by atoms with E-state index in [0.717, 1.165) is 25.7 Å². The molecule has 0 unspecified atom stereocenters. The van der Waals surface area contributed by atoms with E-state index < -0.39 is 11.6 Å². The topological polar surface area (TPSA) is 98.3 Å². The summed E-state index contributed by atoms with van der Waals surface area (Å²) >= 11 is 1.35. The molecule has 1 amide bonds. The average molecular weight is 394 g/mol. The lowest BCUT2D eigenvalue weighted by Crippen LogP contribution is -2.35. The van der Waals surface area contributed by atoms with Crippen LogP contribution in [0, 0.1) is 5.92 Å². The van der Waals surface area contributed by atoms with Crippen molar-refractivity contribution in [3.8, 4) is 0 Å². The molecule has 1 heterocycles. The second kappa shape index (κ2) is 9.30. The number of esters is 1. The molecule has 0 spiro atoms. The Hall–Kier alpha value is -1.96. The maximum absolute atomic E-state index is 12.8. The van der Waals surface area contributed by atoms with Gasteiger partial charge in [-0.3, -0.25) is 14.4 Å². The van der Waals surface area contributed by atoms with Gasteiger partial charge in [0.15, 0.2) is 10.9 Å². The van der Waals surface area contributed by atoms with Crippen molar-refractivity contribution in [1.29, 1.82) is 0 Å². The number of hydrogen-bond acceptors (Lipinski definition) is 7. The van der Waals surface area contributed by atoms with Crippen LogP contribution < -0.4 is 5.32 Å². The molecular formula is C19H27N3O4S. The van der Waals surface area contributed by atoms with Crippen molar-refractivity contribution in [2.45, 2.75) is 63.6 Å². The number of ether oxygens (including phenoxy) is 1. The SMILES string of the molecule is CSc1ncc(CC(=O)NCC(=O)OC(C)(C)C)c(C(=O)C2CCCC2)n1. The highest BCUT2D eigenvalue weighted by Crippen LogP contribution is 2.29. The number of ketones is 1. The summed E-state index contributed by atoms with van der Waals surface area (Å²) in [4.78, 5) is 45.4. The fourth-order valence-corrected chi connectivity index (χ4v) is 3.34. The zero-order valence-electron chi connectivity index (χ0n) is 16.3. The maximum Gasteiger partial charge on any atom is 0.325 e. The highest BCUT2D eigenvalue weighted by Gasteiger charge is 2.28. The third-order valence-electron chi connectivity index (χ3n) is 4.19. The minimum Gasteiger partial charge on any atom is -0.459 e. The second-order valence-electron chi connectivity index (χ2n) is 7.62. The fourth-order valence-electron chi connectivity index (χ4n) is 3.00. The van der Waals surface area contributed by atoms with E-state index in [-0.39, 0.29) is 30.6 Å². The first-order valence-corrected chi connectivity index (χ1v) is 10.3. The van der Waals surface area contributed by atoms with Crippen LogP contribution in [0.3, 0.4) is 0 Å². The van der Waals surface area contributed by atoms with E-state index in [0.29, 0.717) is 16.4 Å². The number of carbonyl (C=O) groups is 3. The van der Waals surface area contributed by atoms with Gasteiger partial charge in [-0.25, -0.2) is 9.97 Å². The first-order valence-electron chi connectivity index (χ1n) is 9.12. The van der Waals surface area contributed by atoms with E-state index >= 15 is 0 Å². The van der Waals surface area contributed by atoms with Gasteiger partial charge in [-0.2, -0.15) is 0 Å². The number of rotatable bonds is 7. The molecule has 1 fully saturated rings. The highest BCUT2D eigenvalue weighted by molar-refractivity contribution is 7.98. The lowest BCUT2D eigenvalue weighted by molar-refractivity contribution is -0.154. The van der Waals surface area contributed by atoms with Crippen LogP contribution in [0.4, 0.5) is 0 Å². The van der Waals surface area contributed by atoms with E-state index in [1.54, 1.807) is 20.8 Å². The van der Waals surface area contributed by atoms with E-state index in [2.05, 4.69) is 15.3 Å². The molecule has 7 nitrogen and oxygen atoms in total. The molecule has 0 saturated heterocycles. The predicted molar refractivity (Wildman–Crippen MR) is 103 cm³/mol. The van der Waals surface area contributed by atoms with Gasteiger partial charge < -0.3 is 10.1 Å². The van der Waals surface area contributed by atoms with Gasteiger partial charge in [-0.15, -0.1) is 0 Å². The molecule has 1 aliphatic rings. The molecule has 1 aromatic rings. The Bertz CT molecular complexity index is 709. The summed E-state index contributed by atoms with van der Waals surface area (Å²) in [5.74, 6) is -0.924. The summed E-state index contributed by atoms with van der Waals surface area (Å²) in [6.45, 7) is 5.07. The van der Waals surface area contributed by atoms with E-state index in [1.165, 1.54) is 18.0 Å². The summed E-state index contributed by atoms with van der Waals surface area (Å²) in [7, 11) is 0. The Morgan fingerprint density at radius 3 is 2.52 bits per heavy atom. The first-order chi connectivity index (χ1) is 12.7. The van der Waals surface area contributed by atoms with Crippen LogP contribution in [0.2, 0.25) is 0 Å². The van der Waals surface area contributed by atoms with Crippen molar-refractivity contribution < 1.29 is 19.1 Å². The van der Waals surface area contributed by atoms with Gasteiger partial charge in [0.25, 0.3) is 0 Å². The molecule has 27 heavy (non-hydrogen) atoms. The number of aromatic nitrogens is 2. The number of hydrogen-bond donors (Lipinski definition) is 1. The monoisotopic (exact) mass is 393 g/mol. The molecule has 1 saturated carbocycles. The van der Waals surface area contributed by atoms with Crippen LogP contribution in [0.5, 0.6) is 0 Å². The van der Waals surface area contributed by atoms with Crippen molar-refractivity contribution in [2.75, 3.05) is 12.8 Å². The number of Topliss-reactive ketones (excluding diaryl/α,β-unsaturated/α-hetero) is 1. The quantitative estimate of drug-likeness (QED) is 0.329. The molecule has 2 rings (SSSR count). The Balaban J connectivity index is 2.05. The lowest BCUT2D eigenvalue weighted by atomic mass is 9.96. The van der Waals surface area contributed by atoms with E-state index in [9.17, 15) is 14.4 Å². The van der Waals surface area contributed by atoms with Gasteiger partial charge in [-0.05, 0) is 39.9 Å². The van der Waals surface area contributed by atoms with Crippen molar-refractivity contribution >= 4 is 29.4 Å². The number of thioether (sulfide) groups is 1. The standard InChI is InChI=1S/C19H27N3O4S/c1-19(2,3)26-15(24)11-20-14(23)9-13-10-21-18(27-4)22-16(13)17(25)12-7-5-6-8-12/h10,12H,5-9,11H2,1-4H3,(H,20,23). The summed E-state index contributed by atoms with van der Waals surface area (Å²) in [5.41, 5.74) is 0.213. The maximum atomic E-state index is 12.8. The Morgan fingerprint density at radius 1 is 1.26 bits per heavy atom. The molecule has 0 aliphatic heterocycles. The fraction of sp³-hybridized carbons (Fsp3) is 0.632. The van der Waals surface area contributed by atoms with Crippen molar-refractivity contribution in [2.24, 2.45) is 5.92 Å². The summed E-state index contributed by atoms with van der Waals surface area (Å²) in [6.07, 6.45) is 7.14. The van der Waals surface area contributed by atoms with Crippen molar-refractivity contribution in [3.63, 3.8) is 0 Å². The van der Waals surface area contributed by atoms with Crippen molar-refractivity contribution in [1.82, 2.24) is 15.3 Å². The molecule has 1 N–H and O–H groups in total. The molecular weight excluding hydrogens is 366 g/mol. The third kappa shape index (κ3) is 6.61. The Morgan fingerprint density at radius 2 is 1.93 bits per heavy atom. The number of nitrogens with one attached hydrogen (secondary N) is 1. The van der Waals surface area contributed by atoms with Gasteiger partial charge >= 0.3 is 5.97 Å².